The molecular formula is C15H16N4O5. The molecule has 1 aliphatic heterocycles. The van der Waals surface area contributed by atoms with Crippen LogP contribution in [0.15, 0.2) is 41.0 Å². The van der Waals surface area contributed by atoms with Gasteiger partial charge in [-0.1, -0.05) is 6.07 Å². The summed E-state index contributed by atoms with van der Waals surface area (Å²) in [4.78, 5) is 25.3. The molecule has 1 aromatic rings. The van der Waals surface area contributed by atoms with Crippen LogP contribution in [0.2, 0.25) is 0 Å². The monoisotopic (exact) mass is 332 g/mol. The van der Waals surface area contributed by atoms with Gasteiger partial charge >= 0.3 is 5.69 Å². The SMILES string of the molecule is CCOC1=CNC(=C=O)N=C1NCc1ccc(OC)c([N+](=O)[O-])c1. The topological polar surface area (TPSA) is 115 Å². The maximum Gasteiger partial charge on any atom is 0.311 e. The van der Waals surface area contributed by atoms with E-state index in [1.54, 1.807) is 12.0 Å². The number of nitro benzene ring substituents is 1. The Hall–Kier alpha value is -3.32. The number of rotatable bonds is 6. The van der Waals surface area contributed by atoms with E-state index in [9.17, 15) is 14.9 Å². The zero-order valence-corrected chi connectivity index (χ0v) is 13.2. The molecule has 1 heterocycles. The second-order valence-electron chi connectivity index (χ2n) is 4.61. The van der Waals surface area contributed by atoms with E-state index in [-0.39, 0.29) is 23.8 Å². The molecule has 24 heavy (non-hydrogen) atoms. The molecule has 1 aromatic carbocycles. The first-order valence-corrected chi connectivity index (χ1v) is 7.07. The summed E-state index contributed by atoms with van der Waals surface area (Å²) in [6, 6.07) is 4.63. The van der Waals surface area contributed by atoms with Gasteiger partial charge in [-0.25, -0.2) is 4.79 Å². The molecule has 0 aliphatic carbocycles. The first-order chi connectivity index (χ1) is 11.6. The average Bonchev–Trinajstić information content (AvgIpc) is 2.60. The Morgan fingerprint density at radius 2 is 2.25 bits per heavy atom. The van der Waals surface area contributed by atoms with E-state index in [1.165, 1.54) is 25.4 Å². The lowest BCUT2D eigenvalue weighted by Crippen LogP contribution is -2.31. The van der Waals surface area contributed by atoms with Gasteiger partial charge in [0.1, 0.15) is 0 Å². The third-order valence-electron chi connectivity index (χ3n) is 3.09. The highest BCUT2D eigenvalue weighted by molar-refractivity contribution is 5.98. The van der Waals surface area contributed by atoms with E-state index in [2.05, 4.69) is 15.6 Å². The third-order valence-corrected chi connectivity index (χ3v) is 3.09. The van der Waals surface area contributed by atoms with Crippen LogP contribution in [0.4, 0.5) is 5.69 Å². The van der Waals surface area contributed by atoms with Crippen molar-refractivity contribution in [2.24, 2.45) is 4.99 Å². The van der Waals surface area contributed by atoms with Gasteiger partial charge in [0.2, 0.25) is 5.82 Å². The van der Waals surface area contributed by atoms with E-state index < -0.39 is 4.92 Å². The lowest BCUT2D eigenvalue weighted by molar-refractivity contribution is -0.385. The summed E-state index contributed by atoms with van der Waals surface area (Å²) in [6.45, 7) is 2.49. The molecule has 0 amide bonds. The van der Waals surface area contributed by atoms with E-state index >= 15 is 0 Å². The number of ether oxygens (including phenoxy) is 2. The number of aliphatic imine (C=N–C) groups is 1. The molecular weight excluding hydrogens is 316 g/mol. The Morgan fingerprint density at radius 1 is 1.46 bits per heavy atom. The molecule has 2 rings (SSSR count). The molecule has 0 atom stereocenters. The first-order valence-electron chi connectivity index (χ1n) is 7.07. The molecule has 0 fully saturated rings. The number of carbonyl (C=O) groups excluding carboxylic acids is 1. The molecule has 126 valence electrons. The van der Waals surface area contributed by atoms with Gasteiger partial charge in [-0.3, -0.25) is 10.1 Å². The fraction of sp³-hybridized carbons (Fsp3) is 0.267. The summed E-state index contributed by atoms with van der Waals surface area (Å²) >= 11 is 0. The van der Waals surface area contributed by atoms with Crippen LogP contribution >= 0.6 is 0 Å². The first kappa shape index (κ1) is 17.0. The molecule has 0 saturated heterocycles. The predicted molar refractivity (Wildman–Crippen MR) is 86.0 cm³/mol. The number of nitro groups is 1. The van der Waals surface area contributed by atoms with Gasteiger partial charge in [-0.05, 0) is 18.6 Å². The van der Waals surface area contributed by atoms with Crippen LogP contribution in [0.3, 0.4) is 0 Å². The van der Waals surface area contributed by atoms with Crippen molar-refractivity contribution in [3.63, 3.8) is 0 Å². The van der Waals surface area contributed by atoms with Crippen LogP contribution in [0, 0.1) is 10.1 Å². The lowest BCUT2D eigenvalue weighted by Gasteiger charge is -2.17. The highest BCUT2D eigenvalue weighted by Crippen LogP contribution is 2.27. The summed E-state index contributed by atoms with van der Waals surface area (Å²) in [5, 5.41) is 16.7. The summed E-state index contributed by atoms with van der Waals surface area (Å²) < 4.78 is 10.4. The molecule has 1 aliphatic rings. The minimum Gasteiger partial charge on any atom is -0.490 e. The van der Waals surface area contributed by atoms with Gasteiger partial charge in [0.15, 0.2) is 23.3 Å². The molecule has 0 unspecified atom stereocenters. The van der Waals surface area contributed by atoms with Crippen LogP contribution < -0.4 is 15.4 Å². The third kappa shape index (κ3) is 3.90. The predicted octanol–water partition coefficient (Wildman–Crippen LogP) is 1.25. The van der Waals surface area contributed by atoms with Crippen molar-refractivity contribution in [3.8, 4) is 5.75 Å². The molecule has 9 nitrogen and oxygen atoms in total. The van der Waals surface area contributed by atoms with Crippen molar-refractivity contribution in [3.05, 3.63) is 51.7 Å². The Morgan fingerprint density at radius 3 is 2.88 bits per heavy atom. The van der Waals surface area contributed by atoms with E-state index in [0.29, 0.717) is 23.8 Å². The van der Waals surface area contributed by atoms with Gasteiger partial charge in [0.25, 0.3) is 0 Å². The fourth-order valence-corrected chi connectivity index (χ4v) is 2.02. The molecule has 0 radical (unpaired) electrons. The van der Waals surface area contributed by atoms with Crippen LogP contribution in [0.25, 0.3) is 0 Å². The van der Waals surface area contributed by atoms with Crippen LogP contribution in [-0.2, 0) is 16.1 Å². The number of nitrogens with zero attached hydrogens (tertiary/aromatic N) is 2. The number of nitrogens with one attached hydrogen (secondary N) is 2. The van der Waals surface area contributed by atoms with E-state index in [0.717, 1.165) is 0 Å². The number of hydrogen-bond acceptors (Lipinski definition) is 8. The minimum atomic E-state index is -0.511. The molecule has 0 aromatic heterocycles. The van der Waals surface area contributed by atoms with Gasteiger partial charge in [-0.2, -0.15) is 4.99 Å². The Balaban J connectivity index is 2.18. The van der Waals surface area contributed by atoms with Crippen molar-refractivity contribution in [1.82, 2.24) is 10.6 Å². The molecule has 0 bridgehead atoms. The highest BCUT2D eigenvalue weighted by Gasteiger charge is 2.17. The van der Waals surface area contributed by atoms with Crippen LogP contribution in [0.1, 0.15) is 12.5 Å². The zero-order valence-electron chi connectivity index (χ0n) is 13.2. The maximum atomic E-state index is 11.1. The molecule has 0 saturated carbocycles. The van der Waals surface area contributed by atoms with Crippen LogP contribution in [-0.4, -0.2) is 30.4 Å². The number of amidine groups is 1. The number of methoxy groups -OCH3 is 1. The fourth-order valence-electron chi connectivity index (χ4n) is 2.02. The quantitative estimate of drug-likeness (QED) is 0.457. The van der Waals surface area contributed by atoms with Gasteiger partial charge < -0.3 is 20.1 Å². The Kier molecular flexibility index (Phi) is 5.54. The van der Waals surface area contributed by atoms with Gasteiger partial charge in [0, 0.05) is 18.8 Å². The average molecular weight is 332 g/mol. The normalized spacial score (nSPS) is 13.2. The number of hydrogen-bond donors (Lipinski definition) is 2. The highest BCUT2D eigenvalue weighted by atomic mass is 16.6. The second-order valence-corrected chi connectivity index (χ2v) is 4.61. The van der Waals surface area contributed by atoms with E-state index in [1.807, 2.05) is 6.92 Å². The van der Waals surface area contributed by atoms with Crippen molar-refractivity contribution in [1.29, 1.82) is 0 Å². The van der Waals surface area contributed by atoms with Crippen molar-refractivity contribution in [2.75, 3.05) is 13.7 Å². The number of benzene rings is 1. The van der Waals surface area contributed by atoms with Crippen LogP contribution in [0.5, 0.6) is 5.75 Å². The Bertz CT molecular complexity index is 750. The summed E-state index contributed by atoms with van der Waals surface area (Å²) in [5.74, 6) is 2.63. The summed E-state index contributed by atoms with van der Waals surface area (Å²) in [6.07, 6.45) is 1.50. The largest absolute Gasteiger partial charge is 0.490 e. The molecule has 9 heteroatoms. The summed E-state index contributed by atoms with van der Waals surface area (Å²) in [5.41, 5.74) is 0.523. The maximum absolute atomic E-state index is 11.1. The molecule has 0 spiro atoms. The molecule has 2 N–H and O–H groups in total. The lowest BCUT2D eigenvalue weighted by atomic mass is 10.2. The summed E-state index contributed by atoms with van der Waals surface area (Å²) in [7, 11) is 1.37. The van der Waals surface area contributed by atoms with Crippen molar-refractivity contribution >= 4 is 17.5 Å². The second kappa shape index (κ2) is 7.80. The van der Waals surface area contributed by atoms with Crippen molar-refractivity contribution in [2.45, 2.75) is 13.5 Å². The van der Waals surface area contributed by atoms with Gasteiger partial charge in [-0.15, -0.1) is 0 Å². The van der Waals surface area contributed by atoms with Crippen molar-refractivity contribution < 1.29 is 19.2 Å². The standard InChI is InChI=1S/C15H16N4O5/c1-3-24-13-8-16-14(9-20)18-15(13)17-7-10-4-5-12(23-2)11(6-10)19(21)22/h4-6,8,16H,3,7H2,1-2H3,(H,17,18). The smallest absolute Gasteiger partial charge is 0.311 e. The Labute approximate surface area is 137 Å². The van der Waals surface area contributed by atoms with E-state index in [4.69, 9.17) is 9.47 Å². The zero-order chi connectivity index (χ0) is 17.5. The van der Waals surface area contributed by atoms with Gasteiger partial charge in [0.05, 0.1) is 18.6 Å². The minimum absolute atomic E-state index is 0.0154.